The van der Waals surface area contributed by atoms with Gasteiger partial charge in [-0.15, -0.1) is 11.8 Å². The molecular weight excluding hydrogens is 275 g/mol. The zero-order chi connectivity index (χ0) is 14.5. The number of nitrogens with two attached hydrogens (primary N) is 1. The highest BCUT2D eigenvalue weighted by atomic mass is 32.2. The van der Waals surface area contributed by atoms with E-state index in [4.69, 9.17) is 5.73 Å². The summed E-state index contributed by atoms with van der Waals surface area (Å²) in [6.07, 6.45) is 1.78. The highest BCUT2D eigenvalue weighted by Crippen LogP contribution is 2.22. The number of carbonyl (C=O) groups is 1. The Labute approximate surface area is 123 Å². The molecule has 0 bridgehead atoms. The Balaban J connectivity index is 1.80. The molecule has 2 N–H and O–H groups in total. The number of thioether (sulfide) groups is 1. The maximum atomic E-state index is 12.8. The average Bonchev–Trinajstić information content (AvgIpc) is 2.46. The predicted octanol–water partition coefficient (Wildman–Crippen LogP) is 2.50. The van der Waals surface area contributed by atoms with Gasteiger partial charge in [0.2, 0.25) is 5.91 Å². The molecule has 1 aliphatic heterocycles. The van der Waals surface area contributed by atoms with Crippen molar-refractivity contribution in [1.29, 1.82) is 0 Å². The fraction of sp³-hybridized carbons (Fsp3) is 0.533. The zero-order valence-electron chi connectivity index (χ0n) is 11.7. The number of likely N-dealkylation sites (tertiary alicyclic amines) is 1. The topological polar surface area (TPSA) is 46.3 Å². The van der Waals surface area contributed by atoms with Gasteiger partial charge in [0, 0.05) is 35.7 Å². The number of benzene rings is 1. The average molecular weight is 296 g/mol. The van der Waals surface area contributed by atoms with Crippen molar-refractivity contribution < 1.29 is 9.18 Å². The predicted molar refractivity (Wildman–Crippen MR) is 80.1 cm³/mol. The van der Waals surface area contributed by atoms with Crippen LogP contribution in [0.5, 0.6) is 0 Å². The van der Waals surface area contributed by atoms with Crippen LogP contribution in [-0.4, -0.2) is 35.7 Å². The van der Waals surface area contributed by atoms with E-state index in [1.54, 1.807) is 23.9 Å². The smallest absolute Gasteiger partial charge is 0.226 e. The lowest BCUT2D eigenvalue weighted by atomic mass is 10.0. The van der Waals surface area contributed by atoms with Gasteiger partial charge in [-0.05, 0) is 37.1 Å². The van der Waals surface area contributed by atoms with E-state index in [0.717, 1.165) is 30.8 Å². The van der Waals surface area contributed by atoms with Gasteiger partial charge in [0.1, 0.15) is 5.82 Å². The number of carbonyl (C=O) groups excluding carboxylic acids is 1. The molecular formula is C15H21FN2OS. The minimum Gasteiger partial charge on any atom is -0.342 e. The monoisotopic (exact) mass is 296 g/mol. The highest BCUT2D eigenvalue weighted by Gasteiger charge is 2.24. The van der Waals surface area contributed by atoms with Crippen molar-refractivity contribution in [3.63, 3.8) is 0 Å². The number of halogens is 1. The summed E-state index contributed by atoms with van der Waals surface area (Å²) in [5.41, 5.74) is 5.85. The molecule has 1 aromatic carbocycles. The number of hydrogen-bond acceptors (Lipinski definition) is 3. The number of amides is 1. The SMILES string of the molecule is CC(CSc1ccc(F)cc1)C(=O)N1CCC(N)CC1. The molecule has 1 saturated heterocycles. The van der Waals surface area contributed by atoms with E-state index in [-0.39, 0.29) is 23.7 Å². The van der Waals surface area contributed by atoms with Crippen molar-refractivity contribution in [3.05, 3.63) is 30.1 Å². The van der Waals surface area contributed by atoms with Gasteiger partial charge in [0.25, 0.3) is 0 Å². The standard InChI is InChI=1S/C15H21FN2OS/c1-11(10-20-14-4-2-12(16)3-5-14)15(19)18-8-6-13(17)7-9-18/h2-5,11,13H,6-10,17H2,1H3. The van der Waals surface area contributed by atoms with E-state index in [1.165, 1.54) is 12.1 Å². The first-order chi connectivity index (χ1) is 9.56. The van der Waals surface area contributed by atoms with Crippen LogP contribution in [0, 0.1) is 11.7 Å². The molecule has 0 spiro atoms. The quantitative estimate of drug-likeness (QED) is 0.868. The van der Waals surface area contributed by atoms with E-state index < -0.39 is 0 Å². The lowest BCUT2D eigenvalue weighted by Crippen LogP contribution is -2.45. The summed E-state index contributed by atoms with van der Waals surface area (Å²) in [4.78, 5) is 15.2. The Morgan fingerprint density at radius 2 is 2.00 bits per heavy atom. The molecule has 1 atom stereocenters. The fourth-order valence-electron chi connectivity index (χ4n) is 2.25. The lowest BCUT2D eigenvalue weighted by molar-refractivity contribution is -0.135. The minimum atomic E-state index is -0.233. The van der Waals surface area contributed by atoms with Crippen LogP contribution in [0.3, 0.4) is 0 Å². The highest BCUT2D eigenvalue weighted by molar-refractivity contribution is 7.99. The second-order valence-electron chi connectivity index (χ2n) is 5.33. The third-order valence-corrected chi connectivity index (χ3v) is 4.86. The number of piperidine rings is 1. The summed E-state index contributed by atoms with van der Waals surface area (Å²) >= 11 is 1.59. The van der Waals surface area contributed by atoms with Gasteiger partial charge in [0.15, 0.2) is 0 Å². The molecule has 110 valence electrons. The number of hydrogen-bond donors (Lipinski definition) is 1. The van der Waals surface area contributed by atoms with Crippen LogP contribution in [0.4, 0.5) is 4.39 Å². The molecule has 1 unspecified atom stereocenters. The first kappa shape index (κ1) is 15.3. The van der Waals surface area contributed by atoms with E-state index in [2.05, 4.69) is 0 Å². The second-order valence-corrected chi connectivity index (χ2v) is 6.42. The first-order valence-corrected chi connectivity index (χ1v) is 7.97. The lowest BCUT2D eigenvalue weighted by Gasteiger charge is -2.32. The van der Waals surface area contributed by atoms with Crippen molar-refractivity contribution in [2.45, 2.75) is 30.7 Å². The summed E-state index contributed by atoms with van der Waals surface area (Å²) in [6, 6.07) is 6.62. The van der Waals surface area contributed by atoms with Crippen LogP contribution in [0.1, 0.15) is 19.8 Å². The van der Waals surface area contributed by atoms with Crippen LogP contribution in [0.25, 0.3) is 0 Å². The Bertz CT molecular complexity index is 444. The normalized spacial score (nSPS) is 18.1. The maximum Gasteiger partial charge on any atom is 0.226 e. The second kappa shape index (κ2) is 7.09. The van der Waals surface area contributed by atoms with E-state index in [0.29, 0.717) is 5.75 Å². The van der Waals surface area contributed by atoms with Crippen LogP contribution < -0.4 is 5.73 Å². The molecule has 0 aromatic heterocycles. The Morgan fingerprint density at radius 3 is 2.60 bits per heavy atom. The zero-order valence-corrected chi connectivity index (χ0v) is 12.5. The summed E-state index contributed by atoms with van der Waals surface area (Å²) < 4.78 is 12.8. The van der Waals surface area contributed by atoms with Crippen molar-refractivity contribution in [3.8, 4) is 0 Å². The Hall–Kier alpha value is -1.07. The fourth-order valence-corrected chi connectivity index (χ4v) is 3.17. The van der Waals surface area contributed by atoms with E-state index in [1.807, 2.05) is 11.8 Å². The van der Waals surface area contributed by atoms with Gasteiger partial charge >= 0.3 is 0 Å². The molecule has 3 nitrogen and oxygen atoms in total. The number of nitrogens with zero attached hydrogens (tertiary/aromatic N) is 1. The number of rotatable bonds is 4. The third kappa shape index (κ3) is 4.21. The van der Waals surface area contributed by atoms with Gasteiger partial charge in [-0.3, -0.25) is 4.79 Å². The summed E-state index contributed by atoms with van der Waals surface area (Å²) in [7, 11) is 0. The van der Waals surface area contributed by atoms with Crippen LogP contribution in [0.15, 0.2) is 29.2 Å². The molecule has 5 heteroatoms. The molecule has 1 aliphatic rings. The summed E-state index contributed by atoms with van der Waals surface area (Å²) in [6.45, 7) is 3.49. The first-order valence-electron chi connectivity index (χ1n) is 6.99. The molecule has 0 aliphatic carbocycles. The van der Waals surface area contributed by atoms with Gasteiger partial charge in [-0.1, -0.05) is 6.92 Å². The van der Waals surface area contributed by atoms with Crippen molar-refractivity contribution >= 4 is 17.7 Å². The van der Waals surface area contributed by atoms with Crippen molar-refractivity contribution in [2.24, 2.45) is 11.7 Å². The molecule has 0 saturated carbocycles. The molecule has 20 heavy (non-hydrogen) atoms. The Morgan fingerprint density at radius 1 is 1.40 bits per heavy atom. The summed E-state index contributed by atoms with van der Waals surface area (Å²) in [5, 5.41) is 0. The van der Waals surface area contributed by atoms with Crippen molar-refractivity contribution in [1.82, 2.24) is 4.90 Å². The van der Waals surface area contributed by atoms with E-state index in [9.17, 15) is 9.18 Å². The van der Waals surface area contributed by atoms with Gasteiger partial charge in [-0.25, -0.2) is 4.39 Å². The van der Waals surface area contributed by atoms with Gasteiger partial charge in [-0.2, -0.15) is 0 Å². The minimum absolute atomic E-state index is 0.0284. The van der Waals surface area contributed by atoms with Gasteiger partial charge < -0.3 is 10.6 Å². The van der Waals surface area contributed by atoms with Crippen molar-refractivity contribution in [2.75, 3.05) is 18.8 Å². The van der Waals surface area contributed by atoms with Crippen LogP contribution in [0.2, 0.25) is 0 Å². The van der Waals surface area contributed by atoms with E-state index >= 15 is 0 Å². The molecule has 1 amide bonds. The third-order valence-electron chi connectivity index (χ3n) is 3.59. The molecule has 1 fully saturated rings. The summed E-state index contributed by atoms with van der Waals surface area (Å²) in [5.74, 6) is 0.654. The molecule has 1 heterocycles. The maximum absolute atomic E-state index is 12.8. The largest absolute Gasteiger partial charge is 0.342 e. The molecule has 2 rings (SSSR count). The van der Waals surface area contributed by atoms with Crippen LogP contribution >= 0.6 is 11.8 Å². The molecule has 1 aromatic rings. The van der Waals surface area contributed by atoms with Gasteiger partial charge in [0.05, 0.1) is 0 Å². The Kier molecular flexibility index (Phi) is 5.43. The molecule has 0 radical (unpaired) electrons. The van der Waals surface area contributed by atoms with Crippen LogP contribution in [-0.2, 0) is 4.79 Å².